The summed E-state index contributed by atoms with van der Waals surface area (Å²) in [7, 11) is 3.68. The Balaban J connectivity index is 2.00. The fourth-order valence-electron chi connectivity index (χ4n) is 2.34. The Morgan fingerprint density at radius 2 is 1.95 bits per heavy atom. The Morgan fingerprint density at radius 3 is 2.55 bits per heavy atom. The van der Waals surface area contributed by atoms with Gasteiger partial charge in [-0.1, -0.05) is 6.92 Å². The lowest BCUT2D eigenvalue weighted by Gasteiger charge is -2.34. The van der Waals surface area contributed by atoms with E-state index in [9.17, 15) is 5.11 Å². The number of hydrogen-bond acceptors (Lipinski definition) is 6. The molecule has 0 aliphatic heterocycles. The second-order valence-corrected chi connectivity index (χ2v) is 6.22. The van der Waals surface area contributed by atoms with Crippen LogP contribution in [0.2, 0.25) is 5.28 Å². The summed E-state index contributed by atoms with van der Waals surface area (Å²) in [5.74, 6) is 1.60. The molecule has 1 aromatic heterocycles. The van der Waals surface area contributed by atoms with Crippen LogP contribution in [0.1, 0.15) is 32.6 Å². The third kappa shape index (κ3) is 3.93. The molecule has 7 heteroatoms. The second-order valence-electron chi connectivity index (χ2n) is 5.88. The topological polar surface area (TPSA) is 74.2 Å². The van der Waals surface area contributed by atoms with Crippen LogP contribution in [0.15, 0.2) is 0 Å². The molecule has 0 amide bonds. The number of nitrogens with one attached hydrogen (secondary N) is 1. The van der Waals surface area contributed by atoms with Crippen molar-refractivity contribution in [1.82, 2.24) is 15.0 Å². The van der Waals surface area contributed by atoms with Crippen molar-refractivity contribution >= 4 is 23.5 Å². The van der Waals surface area contributed by atoms with E-state index in [0.29, 0.717) is 24.4 Å². The average Bonchev–Trinajstić information content (AvgIpc) is 2.40. The molecule has 6 nitrogen and oxygen atoms in total. The van der Waals surface area contributed by atoms with Crippen LogP contribution in [0.4, 0.5) is 11.9 Å². The summed E-state index contributed by atoms with van der Waals surface area (Å²) in [6, 6.07) is 0. The van der Waals surface area contributed by atoms with Crippen LogP contribution in [0.25, 0.3) is 0 Å². The summed E-state index contributed by atoms with van der Waals surface area (Å²) in [6.45, 7) is 2.66. The summed E-state index contributed by atoms with van der Waals surface area (Å²) in [6.07, 6.45) is 3.72. The molecular weight excluding hydrogens is 278 g/mol. The summed E-state index contributed by atoms with van der Waals surface area (Å²) < 4.78 is 0. The van der Waals surface area contributed by atoms with Gasteiger partial charge >= 0.3 is 0 Å². The molecule has 0 spiro atoms. The molecule has 1 saturated carbocycles. The van der Waals surface area contributed by atoms with Crippen molar-refractivity contribution < 1.29 is 5.11 Å². The molecule has 1 aromatic rings. The molecular formula is C13H22ClN5O. The lowest BCUT2D eigenvalue weighted by atomic mass is 9.79. The Labute approximate surface area is 124 Å². The molecule has 112 valence electrons. The van der Waals surface area contributed by atoms with Crippen LogP contribution >= 0.6 is 11.6 Å². The van der Waals surface area contributed by atoms with Gasteiger partial charge in [0.15, 0.2) is 0 Å². The van der Waals surface area contributed by atoms with E-state index >= 15 is 0 Å². The van der Waals surface area contributed by atoms with Crippen LogP contribution in [0.5, 0.6) is 0 Å². The first-order chi connectivity index (χ1) is 9.38. The summed E-state index contributed by atoms with van der Waals surface area (Å²) in [4.78, 5) is 14.1. The normalized spacial score (nSPS) is 26.4. The van der Waals surface area contributed by atoms with Crippen molar-refractivity contribution in [3.63, 3.8) is 0 Å². The summed E-state index contributed by atoms with van der Waals surface area (Å²) >= 11 is 5.88. The number of halogens is 1. The van der Waals surface area contributed by atoms with E-state index < -0.39 is 5.60 Å². The predicted molar refractivity (Wildman–Crippen MR) is 80.2 cm³/mol. The maximum atomic E-state index is 10.5. The van der Waals surface area contributed by atoms with Gasteiger partial charge in [0.05, 0.1) is 5.60 Å². The number of anilines is 2. The highest BCUT2D eigenvalue weighted by atomic mass is 35.5. The SMILES string of the molecule is CC1CCC(O)(CNc2nc(Cl)nc(N(C)C)n2)CC1. The fraction of sp³-hybridized carbons (Fsp3) is 0.769. The van der Waals surface area contributed by atoms with E-state index in [1.54, 1.807) is 4.90 Å². The first-order valence-corrected chi connectivity index (χ1v) is 7.31. The Kier molecular flexibility index (Phi) is 4.65. The highest BCUT2D eigenvalue weighted by Gasteiger charge is 2.31. The van der Waals surface area contributed by atoms with Gasteiger partial charge in [-0.05, 0) is 43.2 Å². The third-order valence-electron chi connectivity index (χ3n) is 3.78. The fourth-order valence-corrected chi connectivity index (χ4v) is 2.49. The average molecular weight is 300 g/mol. The minimum Gasteiger partial charge on any atom is -0.388 e. The van der Waals surface area contributed by atoms with Crippen LogP contribution in [0, 0.1) is 5.92 Å². The zero-order chi connectivity index (χ0) is 14.8. The van der Waals surface area contributed by atoms with Gasteiger partial charge in [-0.3, -0.25) is 0 Å². The number of nitrogens with zero attached hydrogens (tertiary/aromatic N) is 4. The number of hydrogen-bond donors (Lipinski definition) is 2. The molecule has 0 aromatic carbocycles. The molecule has 1 aliphatic rings. The Bertz CT molecular complexity index is 460. The van der Waals surface area contributed by atoms with Crippen LogP contribution in [-0.4, -0.2) is 46.3 Å². The van der Waals surface area contributed by atoms with Gasteiger partial charge in [0, 0.05) is 20.6 Å². The van der Waals surface area contributed by atoms with E-state index in [1.165, 1.54) is 0 Å². The minimum absolute atomic E-state index is 0.149. The van der Waals surface area contributed by atoms with Crippen molar-refractivity contribution in [2.45, 2.75) is 38.2 Å². The van der Waals surface area contributed by atoms with E-state index in [1.807, 2.05) is 14.1 Å². The molecule has 0 bridgehead atoms. The lowest BCUT2D eigenvalue weighted by Crippen LogP contribution is -2.40. The summed E-state index contributed by atoms with van der Waals surface area (Å²) in [5, 5.41) is 13.8. The maximum absolute atomic E-state index is 10.5. The molecule has 2 N–H and O–H groups in total. The molecule has 1 fully saturated rings. The lowest BCUT2D eigenvalue weighted by molar-refractivity contribution is 0.00487. The standard InChI is InChI=1S/C13H22ClN5O/c1-9-4-6-13(20,7-5-9)8-15-11-16-10(14)17-12(18-11)19(2)3/h9,20H,4-8H2,1-3H3,(H,15,16,17,18). The molecule has 0 unspecified atom stereocenters. The molecule has 2 rings (SSSR count). The van der Waals surface area contributed by atoms with Gasteiger partial charge in [-0.15, -0.1) is 0 Å². The number of aromatic nitrogens is 3. The van der Waals surface area contributed by atoms with Gasteiger partial charge < -0.3 is 15.3 Å². The number of aliphatic hydroxyl groups is 1. The zero-order valence-corrected chi connectivity index (χ0v) is 13.0. The van der Waals surface area contributed by atoms with Crippen molar-refractivity contribution in [2.24, 2.45) is 5.92 Å². The first kappa shape index (κ1) is 15.3. The predicted octanol–water partition coefficient (Wildman–Crippen LogP) is 1.94. The van der Waals surface area contributed by atoms with E-state index in [2.05, 4.69) is 27.2 Å². The first-order valence-electron chi connectivity index (χ1n) is 6.93. The Hall–Kier alpha value is -1.14. The molecule has 1 heterocycles. The van der Waals surface area contributed by atoms with Gasteiger partial charge in [0.2, 0.25) is 17.2 Å². The van der Waals surface area contributed by atoms with Crippen LogP contribution in [0.3, 0.4) is 0 Å². The van der Waals surface area contributed by atoms with E-state index in [-0.39, 0.29) is 5.28 Å². The minimum atomic E-state index is -0.677. The van der Waals surface area contributed by atoms with Crippen molar-refractivity contribution in [1.29, 1.82) is 0 Å². The quantitative estimate of drug-likeness (QED) is 0.885. The molecule has 0 saturated heterocycles. The van der Waals surface area contributed by atoms with Gasteiger partial charge in [0.25, 0.3) is 0 Å². The van der Waals surface area contributed by atoms with Crippen molar-refractivity contribution in [3.8, 4) is 0 Å². The highest BCUT2D eigenvalue weighted by Crippen LogP contribution is 2.31. The van der Waals surface area contributed by atoms with Crippen LogP contribution in [-0.2, 0) is 0 Å². The van der Waals surface area contributed by atoms with Gasteiger partial charge in [0.1, 0.15) is 0 Å². The van der Waals surface area contributed by atoms with Crippen molar-refractivity contribution in [3.05, 3.63) is 5.28 Å². The monoisotopic (exact) mass is 299 g/mol. The van der Waals surface area contributed by atoms with Crippen LogP contribution < -0.4 is 10.2 Å². The maximum Gasteiger partial charge on any atom is 0.230 e. The molecule has 1 aliphatic carbocycles. The van der Waals surface area contributed by atoms with E-state index in [0.717, 1.165) is 25.7 Å². The summed E-state index contributed by atoms with van der Waals surface area (Å²) in [5.41, 5.74) is -0.677. The molecule has 20 heavy (non-hydrogen) atoms. The van der Waals surface area contributed by atoms with Crippen molar-refractivity contribution in [2.75, 3.05) is 30.9 Å². The third-order valence-corrected chi connectivity index (χ3v) is 3.95. The second kappa shape index (κ2) is 6.10. The highest BCUT2D eigenvalue weighted by molar-refractivity contribution is 6.28. The Morgan fingerprint density at radius 1 is 1.30 bits per heavy atom. The largest absolute Gasteiger partial charge is 0.388 e. The van der Waals surface area contributed by atoms with Gasteiger partial charge in [-0.25, -0.2) is 0 Å². The van der Waals surface area contributed by atoms with E-state index in [4.69, 9.17) is 11.6 Å². The zero-order valence-electron chi connectivity index (χ0n) is 12.2. The number of rotatable bonds is 4. The van der Waals surface area contributed by atoms with Gasteiger partial charge in [-0.2, -0.15) is 15.0 Å². The smallest absolute Gasteiger partial charge is 0.230 e. The molecule has 0 radical (unpaired) electrons. The molecule has 0 atom stereocenters.